The van der Waals surface area contributed by atoms with E-state index >= 15 is 0 Å². The first-order valence-corrected chi connectivity index (χ1v) is 9.35. The lowest BCUT2D eigenvalue weighted by Gasteiger charge is -2.11. The van der Waals surface area contributed by atoms with Crippen LogP contribution >= 0.6 is 0 Å². The molecule has 0 spiro atoms. The number of rotatable bonds is 7. The summed E-state index contributed by atoms with van der Waals surface area (Å²) in [6, 6.07) is 16.0. The van der Waals surface area contributed by atoms with E-state index < -0.39 is 0 Å². The number of hydrogen-bond donors (Lipinski definition) is 2. The summed E-state index contributed by atoms with van der Waals surface area (Å²) in [5.41, 5.74) is 3.98. The molecule has 0 radical (unpaired) electrons. The van der Waals surface area contributed by atoms with Crippen LogP contribution in [0.25, 0.3) is 11.5 Å². The van der Waals surface area contributed by atoms with Gasteiger partial charge in [0.05, 0.1) is 25.9 Å². The molecule has 3 rings (SSSR count). The molecule has 0 amide bonds. The number of methoxy groups -OCH3 is 1. The lowest BCUT2D eigenvalue weighted by molar-refractivity contribution is 0.411. The molecule has 0 unspecified atom stereocenters. The van der Waals surface area contributed by atoms with Crippen LogP contribution in [-0.4, -0.2) is 24.6 Å². The maximum atomic E-state index is 5.58. The van der Waals surface area contributed by atoms with Crippen LogP contribution < -0.4 is 15.4 Å². The normalized spacial score (nSPS) is 11.3. The van der Waals surface area contributed by atoms with Crippen molar-refractivity contribution >= 4 is 5.96 Å². The highest BCUT2D eigenvalue weighted by Gasteiger charge is 2.07. The van der Waals surface area contributed by atoms with Gasteiger partial charge in [0.1, 0.15) is 12.0 Å². The molecular formula is C22H26N4O2. The van der Waals surface area contributed by atoms with E-state index in [1.807, 2.05) is 56.3 Å². The minimum absolute atomic E-state index is 0.527. The molecule has 0 saturated heterocycles. The fourth-order valence-corrected chi connectivity index (χ4v) is 2.75. The van der Waals surface area contributed by atoms with Crippen molar-refractivity contribution in [2.45, 2.75) is 26.9 Å². The second-order valence-electron chi connectivity index (χ2n) is 6.36. The van der Waals surface area contributed by atoms with Crippen molar-refractivity contribution in [3.05, 3.63) is 71.6 Å². The van der Waals surface area contributed by atoms with E-state index in [2.05, 4.69) is 26.7 Å². The third kappa shape index (κ3) is 5.13. The smallest absolute Gasteiger partial charge is 0.226 e. The van der Waals surface area contributed by atoms with E-state index in [1.165, 1.54) is 0 Å². The van der Waals surface area contributed by atoms with Crippen LogP contribution in [0.15, 0.2) is 64.2 Å². The van der Waals surface area contributed by atoms with E-state index in [0.29, 0.717) is 19.0 Å². The summed E-state index contributed by atoms with van der Waals surface area (Å²) in [6.07, 6.45) is 1.67. The van der Waals surface area contributed by atoms with Crippen LogP contribution in [-0.2, 0) is 13.1 Å². The quantitative estimate of drug-likeness (QED) is 0.482. The lowest BCUT2D eigenvalue weighted by Crippen LogP contribution is -2.36. The average Bonchev–Trinajstić information content (AvgIpc) is 3.21. The van der Waals surface area contributed by atoms with Crippen LogP contribution in [0.4, 0.5) is 0 Å². The third-order valence-electron chi connectivity index (χ3n) is 4.25. The molecule has 1 heterocycles. The van der Waals surface area contributed by atoms with Crippen molar-refractivity contribution in [2.24, 2.45) is 4.99 Å². The van der Waals surface area contributed by atoms with Crippen molar-refractivity contribution in [3.63, 3.8) is 0 Å². The number of hydrogen-bond acceptors (Lipinski definition) is 4. The zero-order valence-corrected chi connectivity index (χ0v) is 16.5. The summed E-state index contributed by atoms with van der Waals surface area (Å²) in [6.45, 7) is 5.92. The Kier molecular flexibility index (Phi) is 6.68. The number of benzene rings is 2. The molecule has 2 N–H and O–H groups in total. The van der Waals surface area contributed by atoms with Gasteiger partial charge in [-0.3, -0.25) is 0 Å². The average molecular weight is 378 g/mol. The van der Waals surface area contributed by atoms with Gasteiger partial charge in [-0.25, -0.2) is 9.98 Å². The Labute approximate surface area is 165 Å². The van der Waals surface area contributed by atoms with Crippen molar-refractivity contribution in [3.8, 4) is 17.2 Å². The van der Waals surface area contributed by atoms with Gasteiger partial charge in [0, 0.05) is 12.1 Å². The second-order valence-corrected chi connectivity index (χ2v) is 6.36. The highest BCUT2D eigenvalue weighted by atomic mass is 16.5. The van der Waals surface area contributed by atoms with Gasteiger partial charge in [0.25, 0.3) is 0 Å². The van der Waals surface area contributed by atoms with E-state index in [0.717, 1.165) is 40.6 Å². The summed E-state index contributed by atoms with van der Waals surface area (Å²) < 4.78 is 11.0. The maximum absolute atomic E-state index is 5.58. The molecule has 0 aliphatic carbocycles. The first-order chi connectivity index (χ1) is 13.7. The summed E-state index contributed by atoms with van der Waals surface area (Å²) in [7, 11) is 1.68. The van der Waals surface area contributed by atoms with Gasteiger partial charge in [0.15, 0.2) is 5.96 Å². The molecule has 0 bridgehead atoms. The Morgan fingerprint density at radius 1 is 1.14 bits per heavy atom. The van der Waals surface area contributed by atoms with Gasteiger partial charge < -0.3 is 19.8 Å². The van der Waals surface area contributed by atoms with Crippen molar-refractivity contribution in [1.82, 2.24) is 15.6 Å². The molecule has 1 aromatic heterocycles. The Morgan fingerprint density at radius 2 is 1.96 bits per heavy atom. The van der Waals surface area contributed by atoms with Crippen LogP contribution in [0.3, 0.4) is 0 Å². The third-order valence-corrected chi connectivity index (χ3v) is 4.25. The van der Waals surface area contributed by atoms with Crippen LogP contribution in [0.5, 0.6) is 5.75 Å². The molecule has 6 nitrogen and oxygen atoms in total. The first-order valence-electron chi connectivity index (χ1n) is 9.35. The molecule has 0 aliphatic heterocycles. The summed E-state index contributed by atoms with van der Waals surface area (Å²) in [4.78, 5) is 9.18. The van der Waals surface area contributed by atoms with Crippen molar-refractivity contribution in [1.29, 1.82) is 0 Å². The molecule has 0 atom stereocenters. The zero-order valence-electron chi connectivity index (χ0n) is 16.5. The van der Waals surface area contributed by atoms with Gasteiger partial charge >= 0.3 is 0 Å². The van der Waals surface area contributed by atoms with Crippen LogP contribution in [0, 0.1) is 6.92 Å². The molecule has 2 aromatic carbocycles. The highest BCUT2D eigenvalue weighted by molar-refractivity contribution is 5.79. The number of nitrogens with one attached hydrogen (secondary N) is 2. The molecule has 28 heavy (non-hydrogen) atoms. The van der Waals surface area contributed by atoms with Crippen molar-refractivity contribution < 1.29 is 9.15 Å². The number of ether oxygens (including phenoxy) is 1. The predicted octanol–water partition coefficient (Wildman–Crippen LogP) is 3.91. The van der Waals surface area contributed by atoms with Crippen LogP contribution in [0.2, 0.25) is 0 Å². The highest BCUT2D eigenvalue weighted by Crippen LogP contribution is 2.19. The molecule has 146 valence electrons. The van der Waals surface area contributed by atoms with E-state index in [4.69, 9.17) is 9.15 Å². The number of guanidine groups is 1. The largest absolute Gasteiger partial charge is 0.496 e. The Morgan fingerprint density at radius 3 is 2.71 bits per heavy atom. The number of nitrogens with zero attached hydrogens (tertiary/aromatic N) is 2. The van der Waals surface area contributed by atoms with Crippen molar-refractivity contribution in [2.75, 3.05) is 13.7 Å². The number of aryl methyl sites for hydroxylation is 1. The number of oxazole rings is 1. The summed E-state index contributed by atoms with van der Waals surface area (Å²) in [5.74, 6) is 2.22. The van der Waals surface area contributed by atoms with Gasteiger partial charge in [-0.1, -0.05) is 30.3 Å². The topological polar surface area (TPSA) is 71.7 Å². The first kappa shape index (κ1) is 19.5. The van der Waals surface area contributed by atoms with E-state index in [-0.39, 0.29) is 0 Å². The molecular weight excluding hydrogens is 352 g/mol. The second kappa shape index (κ2) is 9.60. The SMILES string of the molecule is CCNC(=NCc1ccc(C)c(OC)c1)NCc1coc(-c2ccccc2)n1. The molecule has 0 fully saturated rings. The molecule has 0 saturated carbocycles. The van der Waals surface area contributed by atoms with Gasteiger partial charge in [-0.05, 0) is 43.2 Å². The Balaban J connectivity index is 1.63. The molecule has 3 aromatic rings. The van der Waals surface area contributed by atoms with E-state index in [1.54, 1.807) is 13.4 Å². The Bertz CT molecular complexity index is 919. The predicted molar refractivity (Wildman–Crippen MR) is 111 cm³/mol. The Hall–Kier alpha value is -3.28. The minimum Gasteiger partial charge on any atom is -0.496 e. The number of aromatic nitrogens is 1. The zero-order chi connectivity index (χ0) is 19.8. The maximum Gasteiger partial charge on any atom is 0.226 e. The summed E-state index contributed by atoms with van der Waals surface area (Å²) >= 11 is 0. The fraction of sp³-hybridized carbons (Fsp3) is 0.273. The van der Waals surface area contributed by atoms with Gasteiger partial charge in [-0.2, -0.15) is 0 Å². The monoisotopic (exact) mass is 378 g/mol. The fourth-order valence-electron chi connectivity index (χ4n) is 2.75. The lowest BCUT2D eigenvalue weighted by atomic mass is 10.1. The van der Waals surface area contributed by atoms with Crippen LogP contribution in [0.1, 0.15) is 23.7 Å². The number of aliphatic imine (C=N–C) groups is 1. The molecule has 6 heteroatoms. The standard InChI is InChI=1S/C22H26N4O2/c1-4-23-22(24-13-17-11-10-16(2)20(12-17)27-3)25-14-19-15-28-21(26-19)18-8-6-5-7-9-18/h5-12,15H,4,13-14H2,1-3H3,(H2,23,24,25). The van der Waals surface area contributed by atoms with Gasteiger partial charge in [0.2, 0.25) is 5.89 Å². The van der Waals surface area contributed by atoms with E-state index in [9.17, 15) is 0 Å². The summed E-state index contributed by atoms with van der Waals surface area (Å²) in [5, 5.41) is 6.55. The van der Waals surface area contributed by atoms with Gasteiger partial charge in [-0.15, -0.1) is 0 Å². The minimum atomic E-state index is 0.527. The molecule has 0 aliphatic rings.